The molecule has 0 aliphatic heterocycles. The van der Waals surface area contributed by atoms with Crippen molar-refractivity contribution in [1.82, 2.24) is 19.1 Å². The maximum absolute atomic E-state index is 12.5. The number of benzene rings is 1. The summed E-state index contributed by atoms with van der Waals surface area (Å²) < 4.78 is 29.7. The number of hydrogen-bond donors (Lipinski definition) is 3. The number of anilines is 1. The van der Waals surface area contributed by atoms with Crippen LogP contribution in [0.5, 0.6) is 0 Å². The molecule has 0 aliphatic rings. The van der Waals surface area contributed by atoms with E-state index in [9.17, 15) is 23.1 Å². The quantitative estimate of drug-likeness (QED) is 0.453. The molecule has 1 atom stereocenters. The minimum absolute atomic E-state index is 0.0437. The van der Waals surface area contributed by atoms with Gasteiger partial charge in [0.1, 0.15) is 0 Å². The minimum Gasteiger partial charge on any atom is -0.393 e. The van der Waals surface area contributed by atoms with E-state index < -0.39 is 32.6 Å². The lowest BCUT2D eigenvalue weighted by Gasteiger charge is -2.15. The summed E-state index contributed by atoms with van der Waals surface area (Å²) in [5.74, 6) is -0.0888. The SMILES string of the molecule is CC(C)S(=O)(=O)Nc1nc2c(c(=O)[nH]c(=O)n2C)n1CCC(O)Cc1ccc(Cl)cc1. The Bertz CT molecular complexity index is 1310. The van der Waals surface area contributed by atoms with Gasteiger partial charge in [0.25, 0.3) is 5.56 Å². The molecular formula is C19H24ClN5O5S. The van der Waals surface area contributed by atoms with Crippen LogP contribution in [0.25, 0.3) is 11.2 Å². The van der Waals surface area contributed by atoms with Gasteiger partial charge in [0.15, 0.2) is 11.2 Å². The molecule has 10 nitrogen and oxygen atoms in total. The van der Waals surface area contributed by atoms with Gasteiger partial charge in [-0.15, -0.1) is 0 Å². The zero-order valence-corrected chi connectivity index (χ0v) is 18.9. The Kier molecular flexibility index (Phi) is 6.58. The first-order valence-electron chi connectivity index (χ1n) is 9.63. The van der Waals surface area contributed by atoms with Crippen LogP contribution in [0.15, 0.2) is 33.9 Å². The molecule has 0 spiro atoms. The fourth-order valence-electron chi connectivity index (χ4n) is 3.05. The van der Waals surface area contributed by atoms with Crippen LogP contribution in [0, 0.1) is 0 Å². The van der Waals surface area contributed by atoms with Gasteiger partial charge in [-0.2, -0.15) is 4.98 Å². The Morgan fingerprint density at radius 3 is 2.48 bits per heavy atom. The summed E-state index contributed by atoms with van der Waals surface area (Å²) in [7, 11) is -2.33. The van der Waals surface area contributed by atoms with E-state index in [-0.39, 0.29) is 30.1 Å². The number of nitrogens with one attached hydrogen (secondary N) is 2. The highest BCUT2D eigenvalue weighted by Gasteiger charge is 2.23. The van der Waals surface area contributed by atoms with E-state index in [4.69, 9.17) is 11.6 Å². The van der Waals surface area contributed by atoms with Crippen molar-refractivity contribution in [2.24, 2.45) is 7.05 Å². The van der Waals surface area contributed by atoms with Crippen molar-refractivity contribution in [2.75, 3.05) is 4.72 Å². The van der Waals surface area contributed by atoms with E-state index >= 15 is 0 Å². The average molecular weight is 470 g/mol. The summed E-state index contributed by atoms with van der Waals surface area (Å²) >= 11 is 5.88. The summed E-state index contributed by atoms with van der Waals surface area (Å²) in [6.07, 6.45) is -0.196. The number of H-pyrrole nitrogens is 1. The molecule has 1 aromatic carbocycles. The lowest BCUT2D eigenvalue weighted by Crippen LogP contribution is -2.29. The smallest absolute Gasteiger partial charge is 0.329 e. The van der Waals surface area contributed by atoms with Crippen LogP contribution in [0.3, 0.4) is 0 Å². The maximum Gasteiger partial charge on any atom is 0.329 e. The van der Waals surface area contributed by atoms with Crippen molar-refractivity contribution in [3.8, 4) is 0 Å². The number of fused-ring (bicyclic) bond motifs is 1. The number of aryl methyl sites for hydroxylation is 2. The number of imidazole rings is 1. The molecule has 3 rings (SSSR count). The van der Waals surface area contributed by atoms with Gasteiger partial charge in [0.05, 0.1) is 11.4 Å². The van der Waals surface area contributed by atoms with E-state index in [1.165, 1.54) is 25.5 Å². The van der Waals surface area contributed by atoms with Gasteiger partial charge < -0.3 is 9.67 Å². The predicted molar refractivity (Wildman–Crippen MR) is 119 cm³/mol. The fraction of sp³-hybridized carbons (Fsp3) is 0.421. The number of hydrogen-bond acceptors (Lipinski definition) is 6. The number of aliphatic hydroxyl groups excluding tert-OH is 1. The summed E-state index contributed by atoms with van der Waals surface area (Å²) in [4.78, 5) is 30.8. The van der Waals surface area contributed by atoms with Gasteiger partial charge in [0.2, 0.25) is 16.0 Å². The molecule has 0 bridgehead atoms. The van der Waals surface area contributed by atoms with Crippen molar-refractivity contribution in [3.63, 3.8) is 0 Å². The lowest BCUT2D eigenvalue weighted by atomic mass is 10.1. The predicted octanol–water partition coefficient (Wildman–Crippen LogP) is 1.22. The first-order chi connectivity index (χ1) is 14.5. The van der Waals surface area contributed by atoms with Crippen LogP contribution in [-0.2, 0) is 30.0 Å². The van der Waals surface area contributed by atoms with Gasteiger partial charge >= 0.3 is 5.69 Å². The molecule has 168 valence electrons. The van der Waals surface area contributed by atoms with Crippen LogP contribution in [0.4, 0.5) is 5.95 Å². The molecule has 12 heteroatoms. The third-order valence-corrected chi connectivity index (χ3v) is 6.89. The van der Waals surface area contributed by atoms with Crippen molar-refractivity contribution >= 4 is 38.7 Å². The summed E-state index contributed by atoms with van der Waals surface area (Å²) in [6, 6.07) is 7.07. The highest BCUT2D eigenvalue weighted by molar-refractivity contribution is 7.93. The van der Waals surface area contributed by atoms with Crippen molar-refractivity contribution in [3.05, 3.63) is 55.7 Å². The number of nitrogens with zero attached hydrogens (tertiary/aromatic N) is 3. The Labute approximate surface area is 183 Å². The van der Waals surface area contributed by atoms with E-state index in [2.05, 4.69) is 14.7 Å². The summed E-state index contributed by atoms with van der Waals surface area (Å²) in [5, 5.41) is 10.3. The molecule has 0 radical (unpaired) electrons. The maximum atomic E-state index is 12.5. The second-order valence-corrected chi connectivity index (χ2v) is 10.2. The van der Waals surface area contributed by atoms with Crippen molar-refractivity contribution in [2.45, 2.75) is 44.6 Å². The zero-order chi connectivity index (χ0) is 22.9. The molecule has 2 heterocycles. The molecule has 0 saturated carbocycles. The molecule has 0 aliphatic carbocycles. The molecule has 3 N–H and O–H groups in total. The van der Waals surface area contributed by atoms with Crippen LogP contribution < -0.4 is 16.0 Å². The third kappa shape index (κ3) is 5.00. The van der Waals surface area contributed by atoms with Crippen molar-refractivity contribution < 1.29 is 13.5 Å². The highest BCUT2D eigenvalue weighted by atomic mass is 35.5. The molecule has 0 amide bonds. The van der Waals surface area contributed by atoms with Gasteiger partial charge in [-0.1, -0.05) is 23.7 Å². The second-order valence-electron chi connectivity index (χ2n) is 7.55. The molecule has 2 aromatic heterocycles. The average Bonchev–Trinajstić information content (AvgIpc) is 3.04. The Morgan fingerprint density at radius 2 is 1.87 bits per heavy atom. The van der Waals surface area contributed by atoms with Crippen molar-refractivity contribution in [1.29, 1.82) is 0 Å². The van der Waals surface area contributed by atoms with Crippen LogP contribution >= 0.6 is 11.6 Å². The molecule has 0 saturated heterocycles. The number of rotatable bonds is 8. The molecule has 1 unspecified atom stereocenters. The van der Waals surface area contributed by atoms with Crippen LogP contribution in [0.1, 0.15) is 25.8 Å². The number of aliphatic hydroxyl groups is 1. The standard InChI is InChI=1S/C19H24ClN5O5S/c1-11(2)31(29,30)23-18-21-16-15(17(27)22-19(28)24(16)3)25(18)9-8-14(26)10-12-4-6-13(20)7-5-12/h4-7,11,14,26H,8-10H2,1-3H3,(H,21,23)(H,22,27,28). The largest absolute Gasteiger partial charge is 0.393 e. The topological polar surface area (TPSA) is 139 Å². The monoisotopic (exact) mass is 469 g/mol. The molecule has 31 heavy (non-hydrogen) atoms. The Balaban J connectivity index is 1.95. The number of halogens is 1. The van der Waals surface area contributed by atoms with E-state index in [1.807, 2.05) is 0 Å². The second kappa shape index (κ2) is 8.85. The van der Waals surface area contributed by atoms with Crippen LogP contribution in [-0.4, -0.2) is 44.0 Å². The van der Waals surface area contributed by atoms with Gasteiger partial charge in [-0.25, -0.2) is 13.2 Å². The van der Waals surface area contributed by atoms with E-state index in [0.29, 0.717) is 11.4 Å². The summed E-state index contributed by atoms with van der Waals surface area (Å²) in [6.45, 7) is 3.12. The van der Waals surface area contributed by atoms with E-state index in [1.54, 1.807) is 24.3 Å². The number of sulfonamides is 1. The Morgan fingerprint density at radius 1 is 1.23 bits per heavy atom. The molecule has 0 fully saturated rings. The summed E-state index contributed by atoms with van der Waals surface area (Å²) in [5.41, 5.74) is -0.381. The fourth-order valence-corrected chi connectivity index (χ4v) is 3.82. The third-order valence-electron chi connectivity index (χ3n) is 4.93. The number of aromatic amines is 1. The normalized spacial score (nSPS) is 13.1. The van der Waals surface area contributed by atoms with Gasteiger partial charge in [-0.3, -0.25) is 19.1 Å². The Hall–Kier alpha value is -2.63. The zero-order valence-electron chi connectivity index (χ0n) is 17.3. The first-order valence-corrected chi connectivity index (χ1v) is 11.6. The van der Waals surface area contributed by atoms with E-state index in [0.717, 1.165) is 10.1 Å². The minimum atomic E-state index is -3.76. The number of aromatic nitrogens is 4. The first kappa shape index (κ1) is 23.0. The van der Waals surface area contributed by atoms with Crippen LogP contribution in [0.2, 0.25) is 5.02 Å². The van der Waals surface area contributed by atoms with Gasteiger partial charge in [-0.05, 0) is 44.4 Å². The highest BCUT2D eigenvalue weighted by Crippen LogP contribution is 2.20. The molecular weight excluding hydrogens is 446 g/mol. The lowest BCUT2D eigenvalue weighted by molar-refractivity contribution is 0.159. The van der Waals surface area contributed by atoms with Gasteiger partial charge in [0, 0.05) is 18.6 Å². The molecule has 3 aromatic rings.